The monoisotopic (exact) mass is 1330 g/mol. The number of likely N-dealkylation sites (tertiary alicyclic amines) is 1. The zero-order chi connectivity index (χ0) is 69.6. The number of primary amides is 1. The lowest BCUT2D eigenvalue weighted by Crippen LogP contribution is -2.54. The van der Waals surface area contributed by atoms with Crippen LogP contribution in [-0.2, 0) is 65.6 Å². The molecule has 524 valence electrons. The van der Waals surface area contributed by atoms with Gasteiger partial charge in [-0.3, -0.25) is 33.6 Å². The van der Waals surface area contributed by atoms with Gasteiger partial charge in [0, 0.05) is 108 Å². The lowest BCUT2D eigenvalue weighted by Gasteiger charge is -2.41. The number of nitrogens with two attached hydrogens (primary N) is 2. The fraction of sp³-hybridized carbons (Fsp3) is 0.662. The van der Waals surface area contributed by atoms with Gasteiger partial charge in [-0.2, -0.15) is 0 Å². The van der Waals surface area contributed by atoms with E-state index in [-0.39, 0.29) is 115 Å². The fourth-order valence-electron chi connectivity index (χ4n) is 13.0. The molecule has 2 aromatic carbocycles. The molecule has 1 aliphatic heterocycles. The summed E-state index contributed by atoms with van der Waals surface area (Å²) in [5.74, 6) is 0.385. The molecule has 0 unspecified atom stereocenters. The number of nitrogens with zero attached hydrogens (tertiary/aromatic N) is 4. The molecule has 23 heteroatoms. The lowest BCUT2D eigenvalue weighted by molar-refractivity contribution is -0.149. The van der Waals surface area contributed by atoms with Crippen LogP contribution >= 0.6 is 11.3 Å². The van der Waals surface area contributed by atoms with Crippen LogP contribution < -0.4 is 27.6 Å². The number of carbonyl (C=O) groups excluding carboxylic acids is 9. The van der Waals surface area contributed by atoms with Crippen LogP contribution in [0.15, 0.2) is 66.2 Å². The molecule has 1 aliphatic rings. The van der Waals surface area contributed by atoms with Crippen molar-refractivity contribution >= 4 is 70.1 Å². The average molecular weight is 1330 g/mol. The molecule has 0 bridgehead atoms. The number of nitrogens with one attached hydrogen (secondary N) is 3. The Labute approximate surface area is 562 Å². The first-order chi connectivity index (χ1) is 44.8. The first-order valence-electron chi connectivity index (χ1n) is 33.8. The van der Waals surface area contributed by atoms with Crippen molar-refractivity contribution < 1.29 is 62.2 Å². The number of hydrogen-bond acceptors (Lipinski definition) is 16. The number of methoxy groups -OCH3 is 2. The molecule has 1 aromatic heterocycles. The van der Waals surface area contributed by atoms with E-state index in [2.05, 4.69) is 37.9 Å². The number of ether oxygens (including phenoxy) is 3. The molecule has 94 heavy (non-hydrogen) atoms. The predicted molar refractivity (Wildman–Crippen MR) is 365 cm³/mol. The summed E-state index contributed by atoms with van der Waals surface area (Å²) in [6.45, 7) is 18.2. The van der Waals surface area contributed by atoms with Gasteiger partial charge in [-0.1, -0.05) is 130 Å². The second-order valence-corrected chi connectivity index (χ2v) is 27.5. The van der Waals surface area contributed by atoms with Crippen LogP contribution in [0.4, 0.5) is 15.3 Å². The molecule has 0 saturated carbocycles. The normalized spacial score (nSPS) is 16.4. The Balaban J connectivity index is 1.41. The minimum Gasteiger partial charge on any atom is -0.445 e. The molecule has 7 amide bonds. The van der Waals surface area contributed by atoms with Gasteiger partial charge in [0.2, 0.25) is 23.6 Å². The minimum absolute atomic E-state index is 0.0281. The third kappa shape index (κ3) is 25.2. The number of amides is 7. The topological polar surface area (TPSA) is 301 Å². The molecule has 0 spiro atoms. The van der Waals surface area contributed by atoms with Crippen LogP contribution in [0.5, 0.6) is 0 Å². The van der Waals surface area contributed by atoms with Gasteiger partial charge in [0.15, 0.2) is 11.6 Å². The van der Waals surface area contributed by atoms with E-state index < -0.39 is 60.2 Å². The highest BCUT2D eigenvalue weighted by Crippen LogP contribution is 2.34. The van der Waals surface area contributed by atoms with E-state index in [0.29, 0.717) is 88.7 Å². The van der Waals surface area contributed by atoms with E-state index in [4.69, 9.17) is 25.8 Å². The van der Waals surface area contributed by atoms with Gasteiger partial charge in [-0.15, -0.1) is 11.3 Å². The van der Waals surface area contributed by atoms with Crippen molar-refractivity contribution in [1.29, 1.82) is 0 Å². The van der Waals surface area contributed by atoms with Crippen LogP contribution in [0.2, 0.25) is 0 Å². The second-order valence-electron chi connectivity index (χ2n) is 26.6. The highest BCUT2D eigenvalue weighted by Gasteiger charge is 2.44. The Kier molecular flexibility index (Phi) is 35.1. The molecule has 1 fully saturated rings. The van der Waals surface area contributed by atoms with Crippen molar-refractivity contribution in [3.8, 4) is 0 Å². The number of anilines is 1. The number of benzene rings is 2. The van der Waals surface area contributed by atoms with Gasteiger partial charge in [0.05, 0.1) is 54.4 Å². The molecule has 4 rings (SSSR count). The maximum absolute atomic E-state index is 14.9. The smallest absolute Gasteiger partial charge is 0.410 e. The second kappa shape index (κ2) is 41.3. The molecular formula is C71H111N9O13S. The summed E-state index contributed by atoms with van der Waals surface area (Å²) in [6.07, 6.45) is 7.00. The van der Waals surface area contributed by atoms with Crippen LogP contribution in [0.25, 0.3) is 0 Å². The Morgan fingerprint density at radius 3 is 2.04 bits per heavy atom. The molecule has 0 aliphatic carbocycles. The number of ketones is 3. The Bertz CT molecular complexity index is 2820. The van der Waals surface area contributed by atoms with Crippen molar-refractivity contribution in [2.24, 2.45) is 53.1 Å². The van der Waals surface area contributed by atoms with Crippen molar-refractivity contribution in [3.63, 3.8) is 0 Å². The molecular weight excluding hydrogens is 1220 g/mol. The number of Topliss-reactive ketones (excluding diaryl/α,β-unsaturated/α-hetero) is 3. The molecule has 11 atom stereocenters. The Hall–Kier alpha value is -6.66. The molecule has 0 radical (unpaired) electrons. The zero-order valence-corrected chi connectivity index (χ0v) is 59.1. The zero-order valence-electron chi connectivity index (χ0n) is 58.2. The number of rotatable bonds is 44. The van der Waals surface area contributed by atoms with E-state index in [1.165, 1.54) is 11.9 Å². The highest BCUT2D eigenvalue weighted by molar-refractivity contribution is 7.09. The van der Waals surface area contributed by atoms with Gasteiger partial charge in [-0.25, -0.2) is 20.5 Å². The molecule has 3 aromatic rings. The lowest BCUT2D eigenvalue weighted by atomic mass is 9.83. The maximum Gasteiger partial charge on any atom is 0.410 e. The third-order valence-electron chi connectivity index (χ3n) is 18.6. The average Bonchev–Trinajstić information content (AvgIpc) is 1.42. The molecule has 7 N–H and O–H groups in total. The van der Waals surface area contributed by atoms with Crippen molar-refractivity contribution in [2.75, 3.05) is 53.3 Å². The maximum atomic E-state index is 14.9. The number of hydrogen-bond donors (Lipinski definition) is 5. The van der Waals surface area contributed by atoms with Gasteiger partial charge < -0.3 is 55.4 Å². The van der Waals surface area contributed by atoms with E-state index in [0.717, 1.165) is 23.4 Å². The van der Waals surface area contributed by atoms with Crippen molar-refractivity contribution in [2.45, 2.75) is 214 Å². The summed E-state index contributed by atoms with van der Waals surface area (Å²) >= 11 is 1.54. The predicted octanol–water partition coefficient (Wildman–Crippen LogP) is 10.2. The molecule has 1 saturated heterocycles. The van der Waals surface area contributed by atoms with Crippen LogP contribution in [0.1, 0.15) is 181 Å². The van der Waals surface area contributed by atoms with E-state index in [1.807, 2.05) is 90.8 Å². The van der Waals surface area contributed by atoms with E-state index >= 15 is 0 Å². The van der Waals surface area contributed by atoms with Gasteiger partial charge in [0.25, 0.3) is 0 Å². The third-order valence-corrected chi connectivity index (χ3v) is 19.5. The summed E-state index contributed by atoms with van der Waals surface area (Å²) in [5, 5.41) is 11.2. The SMILES string of the molecule is CC[C@H](C)[C@@H]([C@@H](CC(=O)N1CCC[C@H]1[C@H](OC)[C@@H](C)C(=O)C[C@@H](Cc1ccccc1)c1nccs1)OC)N(C)C(=O)[C@@H](CC(=O)[C@H](C(C)C)N(C)C(=O)OCc1ccc(NC(=O)[C@H](CCCCCNC(N)=O)CC(=O)[C@@H](NC(=O)CCCCCON)C(C)C)cc1)C(C)C. The van der Waals surface area contributed by atoms with Crippen LogP contribution in [0, 0.1) is 41.4 Å². The molecule has 22 nitrogen and oxygen atoms in total. The number of thiazole rings is 1. The first-order valence-corrected chi connectivity index (χ1v) is 34.7. The summed E-state index contributed by atoms with van der Waals surface area (Å²) in [7, 11) is 6.36. The van der Waals surface area contributed by atoms with E-state index in [9.17, 15) is 43.2 Å². The quantitative estimate of drug-likeness (QED) is 0.0260. The highest BCUT2D eigenvalue weighted by atomic mass is 32.1. The number of unbranched alkanes of at least 4 members (excludes halogenated alkanes) is 4. The van der Waals surface area contributed by atoms with Gasteiger partial charge in [-0.05, 0) is 91.9 Å². The van der Waals surface area contributed by atoms with Gasteiger partial charge >= 0.3 is 12.1 Å². The summed E-state index contributed by atoms with van der Waals surface area (Å²) in [5.41, 5.74) is 7.37. The summed E-state index contributed by atoms with van der Waals surface area (Å²) in [4.78, 5) is 138. The number of urea groups is 1. The number of likely N-dealkylation sites (N-methyl/N-ethyl adjacent to an activating group) is 2. The van der Waals surface area contributed by atoms with Crippen molar-refractivity contribution in [3.05, 3.63) is 82.3 Å². The van der Waals surface area contributed by atoms with E-state index in [1.54, 1.807) is 68.0 Å². The van der Waals surface area contributed by atoms with Crippen LogP contribution in [0.3, 0.4) is 0 Å². The summed E-state index contributed by atoms with van der Waals surface area (Å²) in [6, 6.07) is 13.5. The fourth-order valence-corrected chi connectivity index (χ4v) is 13.7. The van der Waals surface area contributed by atoms with Crippen LogP contribution in [-0.4, -0.2) is 157 Å². The number of aromatic nitrogens is 1. The largest absolute Gasteiger partial charge is 0.445 e. The Morgan fingerprint density at radius 1 is 0.755 bits per heavy atom. The summed E-state index contributed by atoms with van der Waals surface area (Å²) < 4.78 is 18.1. The minimum atomic E-state index is -0.943. The van der Waals surface area contributed by atoms with Crippen molar-refractivity contribution in [1.82, 2.24) is 30.3 Å². The first kappa shape index (κ1) is 79.8. The molecule has 2 heterocycles. The van der Waals surface area contributed by atoms with Gasteiger partial charge in [0.1, 0.15) is 12.4 Å². The Morgan fingerprint density at radius 2 is 1.45 bits per heavy atom. The standard InChI is InChI=1S/C71H111N9O13S/c1-14-48(8)65(60(90-12)43-62(85)80-36-24-28-56(80)66(91-13)49(9)57(81)41-53(68-74-35-38-94-68)39-50-25-18-15-19-26-50)78(10)69(87)55(45(2)3)42-59(83)64(47(6)7)79(11)71(89)92-44-51-30-32-54(33-31-51)76-67(86)52(27-20-16-22-34-75-70(72)88)40-58(82)63(46(4)5)77-61(84)29-21-17-23-37-93-73/h15,18-19,25-26,30-33,35,38,45-49,52-53,55-56,60,63-66H,14,16-17,20-24,27-29,34,36-37,39-44,73H2,1-13H3,(H,76,86)(H,77,84)(H3,72,75,88)/t48-,49-,52+,53+,55-,56-,60+,63-,64-,65-,66+/m0/s1. The number of carbonyl (C=O) groups is 9.